The molecule has 0 unspecified atom stereocenters. The molecule has 1 aromatic carbocycles. The number of morpholine rings is 1. The summed E-state index contributed by atoms with van der Waals surface area (Å²) in [6.45, 7) is 2.85. The first kappa shape index (κ1) is 15.5. The number of aromatic nitrogens is 3. The van der Waals surface area contributed by atoms with Gasteiger partial charge in [0.1, 0.15) is 17.8 Å². The highest BCUT2D eigenvalue weighted by Crippen LogP contribution is 2.18. The molecule has 3 aromatic rings. The Bertz CT molecular complexity index is 909. The van der Waals surface area contributed by atoms with Crippen molar-refractivity contribution in [1.29, 1.82) is 0 Å². The van der Waals surface area contributed by atoms with E-state index in [0.29, 0.717) is 24.6 Å². The van der Waals surface area contributed by atoms with Crippen molar-refractivity contribution in [1.82, 2.24) is 15.0 Å². The molecule has 1 aliphatic heterocycles. The number of rotatable bonds is 3. The van der Waals surface area contributed by atoms with Crippen molar-refractivity contribution < 1.29 is 9.53 Å². The number of benzene rings is 1. The predicted octanol–water partition coefficient (Wildman–Crippen LogP) is 2.11. The summed E-state index contributed by atoms with van der Waals surface area (Å²) < 4.78 is 5.34. The molecule has 0 atom stereocenters. The number of nitrogens with one attached hydrogen (secondary N) is 1. The van der Waals surface area contributed by atoms with Gasteiger partial charge in [-0.15, -0.1) is 0 Å². The van der Waals surface area contributed by atoms with Crippen LogP contribution in [0.15, 0.2) is 48.9 Å². The van der Waals surface area contributed by atoms with Crippen molar-refractivity contribution in [3.63, 3.8) is 0 Å². The monoisotopic (exact) mass is 335 g/mol. The normalized spacial score (nSPS) is 14.5. The first-order valence-corrected chi connectivity index (χ1v) is 8.10. The number of amides is 1. The molecular formula is C18H17N5O2. The number of carbonyl (C=O) groups is 1. The fourth-order valence-corrected chi connectivity index (χ4v) is 2.79. The first-order valence-electron chi connectivity index (χ1n) is 8.10. The molecule has 1 fully saturated rings. The molecule has 0 saturated carbocycles. The molecule has 0 spiro atoms. The molecule has 0 aliphatic carbocycles. The summed E-state index contributed by atoms with van der Waals surface area (Å²) in [5.74, 6) is 0.478. The van der Waals surface area contributed by atoms with E-state index >= 15 is 0 Å². The van der Waals surface area contributed by atoms with Crippen molar-refractivity contribution in [2.24, 2.45) is 0 Å². The second-order valence-electron chi connectivity index (χ2n) is 5.73. The maximum Gasteiger partial charge on any atom is 0.274 e. The van der Waals surface area contributed by atoms with Crippen LogP contribution < -0.4 is 10.2 Å². The van der Waals surface area contributed by atoms with Crippen LogP contribution >= 0.6 is 0 Å². The zero-order chi connectivity index (χ0) is 17.1. The highest BCUT2D eigenvalue weighted by Gasteiger charge is 2.15. The number of fused-ring (bicyclic) bond motifs is 1. The van der Waals surface area contributed by atoms with E-state index in [2.05, 4.69) is 25.2 Å². The Hall–Kier alpha value is -3.06. The third-order valence-electron chi connectivity index (χ3n) is 4.08. The van der Waals surface area contributed by atoms with Gasteiger partial charge in [0.2, 0.25) is 0 Å². The van der Waals surface area contributed by atoms with Crippen LogP contribution in [0.25, 0.3) is 10.9 Å². The number of hydrogen-bond acceptors (Lipinski definition) is 6. The number of hydrogen-bond donors (Lipinski definition) is 1. The molecule has 126 valence electrons. The second-order valence-corrected chi connectivity index (χ2v) is 5.73. The highest BCUT2D eigenvalue weighted by molar-refractivity contribution is 6.04. The maximum atomic E-state index is 12.5. The molecule has 3 heterocycles. The van der Waals surface area contributed by atoms with Crippen LogP contribution in [-0.4, -0.2) is 47.2 Å². The summed E-state index contributed by atoms with van der Waals surface area (Å²) in [5, 5.41) is 3.85. The zero-order valence-electron chi connectivity index (χ0n) is 13.6. The zero-order valence-corrected chi connectivity index (χ0v) is 13.6. The lowest BCUT2D eigenvalue weighted by atomic mass is 10.2. The highest BCUT2D eigenvalue weighted by atomic mass is 16.5. The molecule has 4 rings (SSSR count). The third kappa shape index (κ3) is 3.41. The molecule has 1 saturated heterocycles. The fourth-order valence-electron chi connectivity index (χ4n) is 2.79. The molecule has 7 nitrogen and oxygen atoms in total. The van der Waals surface area contributed by atoms with Gasteiger partial charge in [-0.25, -0.2) is 9.97 Å². The summed E-state index contributed by atoms with van der Waals surface area (Å²) in [7, 11) is 0. The van der Waals surface area contributed by atoms with Gasteiger partial charge in [0.15, 0.2) is 0 Å². The lowest BCUT2D eigenvalue weighted by Gasteiger charge is -2.27. The average molecular weight is 335 g/mol. The van der Waals surface area contributed by atoms with Crippen LogP contribution in [0.1, 0.15) is 10.5 Å². The Morgan fingerprint density at radius 1 is 1.08 bits per heavy atom. The van der Waals surface area contributed by atoms with Gasteiger partial charge in [0, 0.05) is 36.4 Å². The van der Waals surface area contributed by atoms with E-state index in [-0.39, 0.29) is 5.91 Å². The number of anilines is 2. The standard InChI is InChI=1S/C18H17N5O2/c24-18(22-14-3-4-15-13(10-14)2-1-5-19-15)16-11-17(21-12-20-16)23-6-8-25-9-7-23/h1-5,10-12H,6-9H2,(H,22,24). The Morgan fingerprint density at radius 3 is 2.84 bits per heavy atom. The van der Waals surface area contributed by atoms with Crippen LogP contribution in [0.2, 0.25) is 0 Å². The molecule has 0 bridgehead atoms. The molecule has 1 aliphatic rings. The summed E-state index contributed by atoms with van der Waals surface area (Å²) in [6, 6.07) is 11.1. The minimum Gasteiger partial charge on any atom is -0.378 e. The average Bonchev–Trinajstić information content (AvgIpc) is 2.69. The van der Waals surface area contributed by atoms with Gasteiger partial charge in [-0.3, -0.25) is 9.78 Å². The van der Waals surface area contributed by atoms with Gasteiger partial charge in [0.25, 0.3) is 5.91 Å². The maximum absolute atomic E-state index is 12.5. The van der Waals surface area contributed by atoms with E-state index in [1.165, 1.54) is 6.33 Å². The Kier molecular flexibility index (Phi) is 4.22. The Morgan fingerprint density at radius 2 is 1.96 bits per heavy atom. The molecular weight excluding hydrogens is 318 g/mol. The fraction of sp³-hybridized carbons (Fsp3) is 0.222. The van der Waals surface area contributed by atoms with Crippen molar-refractivity contribution in [3.05, 3.63) is 54.6 Å². The van der Waals surface area contributed by atoms with Crippen LogP contribution in [0.4, 0.5) is 11.5 Å². The topological polar surface area (TPSA) is 80.2 Å². The quantitative estimate of drug-likeness (QED) is 0.790. The number of ether oxygens (including phenoxy) is 1. The van der Waals surface area contributed by atoms with Crippen LogP contribution in [-0.2, 0) is 4.74 Å². The van der Waals surface area contributed by atoms with Gasteiger partial charge < -0.3 is 15.0 Å². The lowest BCUT2D eigenvalue weighted by molar-refractivity contribution is 0.102. The van der Waals surface area contributed by atoms with E-state index in [1.807, 2.05) is 30.3 Å². The van der Waals surface area contributed by atoms with Crippen molar-refractivity contribution in [2.45, 2.75) is 0 Å². The summed E-state index contributed by atoms with van der Waals surface area (Å²) in [5.41, 5.74) is 1.93. The van der Waals surface area contributed by atoms with Gasteiger partial charge in [-0.05, 0) is 24.3 Å². The minimum absolute atomic E-state index is 0.264. The number of pyridine rings is 1. The molecule has 1 amide bonds. The summed E-state index contributed by atoms with van der Waals surface area (Å²) in [6.07, 6.45) is 3.17. The number of carbonyl (C=O) groups excluding carboxylic acids is 1. The third-order valence-corrected chi connectivity index (χ3v) is 4.08. The van der Waals surface area contributed by atoms with E-state index in [9.17, 15) is 4.79 Å². The van der Waals surface area contributed by atoms with E-state index in [0.717, 1.165) is 29.8 Å². The van der Waals surface area contributed by atoms with E-state index in [4.69, 9.17) is 4.74 Å². The van der Waals surface area contributed by atoms with Crippen LogP contribution in [0.5, 0.6) is 0 Å². The molecule has 25 heavy (non-hydrogen) atoms. The molecule has 7 heteroatoms. The van der Waals surface area contributed by atoms with Crippen LogP contribution in [0.3, 0.4) is 0 Å². The molecule has 2 aromatic heterocycles. The van der Waals surface area contributed by atoms with Gasteiger partial charge in [-0.2, -0.15) is 0 Å². The first-order chi connectivity index (χ1) is 12.3. The summed E-state index contributed by atoms with van der Waals surface area (Å²) in [4.78, 5) is 27.2. The van der Waals surface area contributed by atoms with Gasteiger partial charge in [-0.1, -0.05) is 6.07 Å². The minimum atomic E-state index is -0.264. The van der Waals surface area contributed by atoms with E-state index in [1.54, 1.807) is 12.3 Å². The summed E-state index contributed by atoms with van der Waals surface area (Å²) >= 11 is 0. The largest absolute Gasteiger partial charge is 0.378 e. The van der Waals surface area contributed by atoms with Crippen LogP contribution in [0, 0.1) is 0 Å². The molecule has 0 radical (unpaired) electrons. The van der Waals surface area contributed by atoms with Gasteiger partial charge >= 0.3 is 0 Å². The SMILES string of the molecule is O=C(Nc1ccc2ncccc2c1)c1cc(N2CCOCC2)ncn1. The lowest BCUT2D eigenvalue weighted by Crippen LogP contribution is -2.37. The van der Waals surface area contributed by atoms with E-state index < -0.39 is 0 Å². The number of nitrogens with zero attached hydrogens (tertiary/aromatic N) is 4. The van der Waals surface area contributed by atoms with Crippen molar-refractivity contribution in [2.75, 3.05) is 36.5 Å². The van der Waals surface area contributed by atoms with Crippen molar-refractivity contribution in [3.8, 4) is 0 Å². The van der Waals surface area contributed by atoms with Crippen molar-refractivity contribution >= 4 is 28.3 Å². The predicted molar refractivity (Wildman–Crippen MR) is 94.8 cm³/mol. The smallest absolute Gasteiger partial charge is 0.274 e. The Balaban J connectivity index is 1.53. The molecule has 1 N–H and O–H groups in total. The second kappa shape index (κ2) is 6.82. The Labute approximate surface area is 144 Å². The van der Waals surface area contributed by atoms with Gasteiger partial charge in [0.05, 0.1) is 18.7 Å².